The Hall–Kier alpha value is -1.67. The molecule has 0 radical (unpaired) electrons. The predicted octanol–water partition coefficient (Wildman–Crippen LogP) is 1.71. The van der Waals surface area contributed by atoms with Gasteiger partial charge in [-0.1, -0.05) is 12.1 Å². The molecule has 1 atom stereocenters. The minimum absolute atomic E-state index is 0.132. The van der Waals surface area contributed by atoms with Crippen molar-refractivity contribution in [1.29, 1.82) is 0 Å². The molecule has 0 bridgehead atoms. The Morgan fingerprint density at radius 2 is 1.76 bits per heavy atom. The van der Waals surface area contributed by atoms with E-state index in [4.69, 9.17) is 14.2 Å². The maximum Gasteiger partial charge on any atom is 0.308 e. The van der Waals surface area contributed by atoms with Crippen LogP contribution in [0.1, 0.15) is 18.4 Å². The largest absolute Gasteiger partial charge is 0.492 e. The summed E-state index contributed by atoms with van der Waals surface area (Å²) in [6.45, 7) is 8.75. The van der Waals surface area contributed by atoms with Gasteiger partial charge in [0.15, 0.2) is 0 Å². The fourth-order valence-corrected chi connectivity index (χ4v) is 4.88. The predicted molar refractivity (Wildman–Crippen MR) is 108 cm³/mol. The molecule has 0 amide bonds. The molecule has 3 fully saturated rings. The van der Waals surface area contributed by atoms with Crippen LogP contribution in [0.25, 0.3) is 0 Å². The van der Waals surface area contributed by atoms with E-state index < -0.39 is 5.97 Å². The average Bonchev–Trinajstić information content (AvgIpc) is 3.08. The summed E-state index contributed by atoms with van der Waals surface area (Å²) in [5.41, 5.74) is 1.06. The Labute approximate surface area is 172 Å². The van der Waals surface area contributed by atoms with E-state index in [1.54, 1.807) is 0 Å². The summed E-state index contributed by atoms with van der Waals surface area (Å²) in [7, 11) is 0. The lowest BCUT2D eigenvalue weighted by Crippen LogP contribution is -2.40. The van der Waals surface area contributed by atoms with Gasteiger partial charge in [0.05, 0.1) is 19.1 Å². The van der Waals surface area contributed by atoms with Gasteiger partial charge in [-0.05, 0) is 30.5 Å². The lowest BCUT2D eigenvalue weighted by molar-refractivity contribution is -0.147. The van der Waals surface area contributed by atoms with Gasteiger partial charge in [-0.25, -0.2) is 0 Å². The Morgan fingerprint density at radius 3 is 2.45 bits per heavy atom. The zero-order chi connectivity index (χ0) is 20.1. The first-order valence-electron chi connectivity index (χ1n) is 10.7. The van der Waals surface area contributed by atoms with Crippen LogP contribution in [0.5, 0.6) is 5.75 Å². The van der Waals surface area contributed by atoms with Crippen LogP contribution in [0, 0.1) is 11.3 Å². The molecule has 160 valence electrons. The molecule has 7 nitrogen and oxygen atoms in total. The van der Waals surface area contributed by atoms with E-state index in [2.05, 4.69) is 21.9 Å². The van der Waals surface area contributed by atoms with Crippen molar-refractivity contribution in [3.05, 3.63) is 29.8 Å². The molecule has 1 aromatic carbocycles. The number of likely N-dealkylation sites (tertiary alicyclic amines) is 1. The SMILES string of the molecule is O=C(O)C1CN(Cc2ccc(OCCN3CCOCC3)cc2)CC12CCOCC2. The number of benzene rings is 1. The fourth-order valence-electron chi connectivity index (χ4n) is 4.88. The molecule has 0 saturated carbocycles. The Kier molecular flexibility index (Phi) is 6.70. The molecule has 1 N–H and O–H groups in total. The first-order chi connectivity index (χ1) is 14.1. The lowest BCUT2D eigenvalue weighted by Gasteiger charge is -2.36. The highest BCUT2D eigenvalue weighted by molar-refractivity contribution is 5.72. The molecule has 3 aliphatic rings. The van der Waals surface area contributed by atoms with Crippen LogP contribution in [0.4, 0.5) is 0 Å². The molecule has 7 heteroatoms. The zero-order valence-corrected chi connectivity index (χ0v) is 17.1. The molecule has 1 unspecified atom stereocenters. The quantitative estimate of drug-likeness (QED) is 0.742. The van der Waals surface area contributed by atoms with Crippen molar-refractivity contribution in [1.82, 2.24) is 9.80 Å². The molecular weight excluding hydrogens is 372 g/mol. The van der Waals surface area contributed by atoms with Gasteiger partial charge in [0.1, 0.15) is 12.4 Å². The lowest BCUT2D eigenvalue weighted by atomic mass is 9.72. The number of hydrogen-bond acceptors (Lipinski definition) is 6. The number of carbonyl (C=O) groups is 1. The van der Waals surface area contributed by atoms with Gasteiger partial charge in [-0.15, -0.1) is 0 Å². The van der Waals surface area contributed by atoms with E-state index in [1.165, 1.54) is 5.56 Å². The van der Waals surface area contributed by atoms with E-state index >= 15 is 0 Å². The van der Waals surface area contributed by atoms with Crippen LogP contribution in [0.2, 0.25) is 0 Å². The normalized spacial score (nSPS) is 25.3. The molecule has 29 heavy (non-hydrogen) atoms. The zero-order valence-electron chi connectivity index (χ0n) is 17.1. The highest BCUT2D eigenvalue weighted by atomic mass is 16.5. The summed E-state index contributed by atoms with van der Waals surface area (Å²) in [6.07, 6.45) is 1.69. The van der Waals surface area contributed by atoms with Gasteiger partial charge in [0.25, 0.3) is 0 Å². The highest BCUT2D eigenvalue weighted by Gasteiger charge is 2.50. The van der Waals surface area contributed by atoms with Crippen molar-refractivity contribution in [3.63, 3.8) is 0 Å². The van der Waals surface area contributed by atoms with Crippen molar-refractivity contribution >= 4 is 5.97 Å². The Morgan fingerprint density at radius 1 is 1.07 bits per heavy atom. The number of carboxylic acids is 1. The minimum atomic E-state index is -0.668. The second-order valence-electron chi connectivity index (χ2n) is 8.48. The van der Waals surface area contributed by atoms with Gasteiger partial charge in [0.2, 0.25) is 0 Å². The summed E-state index contributed by atoms with van der Waals surface area (Å²) >= 11 is 0. The van der Waals surface area contributed by atoms with E-state index in [0.29, 0.717) is 26.4 Å². The van der Waals surface area contributed by atoms with Gasteiger partial charge in [0, 0.05) is 57.9 Å². The van der Waals surface area contributed by atoms with E-state index in [1.807, 2.05) is 12.1 Å². The molecular formula is C22H32N2O5. The highest BCUT2D eigenvalue weighted by Crippen LogP contribution is 2.44. The Bertz CT molecular complexity index is 668. The number of carboxylic acid groups (broad SMARTS) is 1. The van der Waals surface area contributed by atoms with Gasteiger partial charge in [-0.3, -0.25) is 14.6 Å². The van der Waals surface area contributed by atoms with Gasteiger partial charge >= 0.3 is 5.97 Å². The van der Waals surface area contributed by atoms with Gasteiger partial charge in [-0.2, -0.15) is 0 Å². The van der Waals surface area contributed by atoms with Crippen LogP contribution < -0.4 is 4.74 Å². The summed E-state index contributed by atoms with van der Waals surface area (Å²) in [6, 6.07) is 8.22. The van der Waals surface area contributed by atoms with Crippen molar-refractivity contribution in [3.8, 4) is 5.75 Å². The maximum atomic E-state index is 11.8. The molecule has 3 heterocycles. The third-order valence-electron chi connectivity index (χ3n) is 6.61. The summed E-state index contributed by atoms with van der Waals surface area (Å²) in [5.74, 6) is -0.0830. The van der Waals surface area contributed by atoms with Gasteiger partial charge < -0.3 is 19.3 Å². The maximum absolute atomic E-state index is 11.8. The topological polar surface area (TPSA) is 71.5 Å². The second-order valence-corrected chi connectivity index (χ2v) is 8.48. The number of ether oxygens (including phenoxy) is 3. The van der Waals surface area contributed by atoms with Crippen LogP contribution >= 0.6 is 0 Å². The third-order valence-corrected chi connectivity index (χ3v) is 6.61. The van der Waals surface area contributed by atoms with Crippen molar-refractivity contribution in [2.45, 2.75) is 19.4 Å². The fraction of sp³-hybridized carbons (Fsp3) is 0.682. The molecule has 3 saturated heterocycles. The van der Waals surface area contributed by atoms with Crippen LogP contribution in [0.3, 0.4) is 0 Å². The Balaban J connectivity index is 1.27. The van der Waals surface area contributed by atoms with E-state index in [9.17, 15) is 9.90 Å². The van der Waals surface area contributed by atoms with E-state index in [0.717, 1.165) is 64.5 Å². The molecule has 1 spiro atoms. The third kappa shape index (κ3) is 5.09. The average molecular weight is 405 g/mol. The monoisotopic (exact) mass is 404 g/mol. The van der Waals surface area contributed by atoms with Crippen LogP contribution in [-0.4, -0.2) is 86.6 Å². The number of aliphatic carboxylic acids is 1. The van der Waals surface area contributed by atoms with Crippen LogP contribution in [-0.2, 0) is 20.8 Å². The smallest absolute Gasteiger partial charge is 0.308 e. The van der Waals surface area contributed by atoms with Crippen molar-refractivity contribution in [2.24, 2.45) is 11.3 Å². The summed E-state index contributed by atoms with van der Waals surface area (Å²) < 4.78 is 16.7. The van der Waals surface area contributed by atoms with Crippen molar-refractivity contribution < 1.29 is 24.1 Å². The standard InChI is InChI=1S/C22H32N2O5/c25-21(26)20-16-24(17-22(20)5-10-27-11-6-22)15-18-1-3-19(4-2-18)29-14-9-23-7-12-28-13-8-23/h1-4,20H,5-17H2,(H,25,26). The molecule has 0 aliphatic carbocycles. The molecule has 4 rings (SSSR count). The molecule has 3 aliphatic heterocycles. The van der Waals surface area contributed by atoms with Crippen molar-refractivity contribution in [2.75, 3.05) is 65.8 Å². The number of rotatable bonds is 7. The number of morpholine rings is 1. The molecule has 1 aromatic rings. The number of hydrogen-bond donors (Lipinski definition) is 1. The first kappa shape index (κ1) is 20.6. The second kappa shape index (κ2) is 9.43. The summed E-state index contributed by atoms with van der Waals surface area (Å²) in [4.78, 5) is 16.5. The first-order valence-corrected chi connectivity index (χ1v) is 10.7. The van der Waals surface area contributed by atoms with E-state index in [-0.39, 0.29) is 11.3 Å². The minimum Gasteiger partial charge on any atom is -0.492 e. The summed E-state index contributed by atoms with van der Waals surface area (Å²) in [5, 5.41) is 9.73. The number of nitrogens with zero attached hydrogens (tertiary/aromatic N) is 2. The molecule has 0 aromatic heterocycles. The van der Waals surface area contributed by atoms with Crippen LogP contribution in [0.15, 0.2) is 24.3 Å².